The standard InChI is InChI=1S/C15H29N7O4S/c1-19(2)15(14-16-17-18-22(14)9-10-25-3)5-4-6-21(13-15)27(23,24)20-7-11-26-12-8-20/h4-13H2,1-3H3. The molecular formula is C15H29N7O4S. The number of morpholine rings is 1. The van der Waals surface area contributed by atoms with Gasteiger partial charge in [-0.15, -0.1) is 5.10 Å². The molecule has 1 aromatic heterocycles. The van der Waals surface area contributed by atoms with Gasteiger partial charge in [0.25, 0.3) is 10.2 Å². The Morgan fingerprint density at radius 1 is 1.22 bits per heavy atom. The molecule has 27 heavy (non-hydrogen) atoms. The van der Waals surface area contributed by atoms with E-state index in [0.29, 0.717) is 58.4 Å². The van der Waals surface area contributed by atoms with Crippen LogP contribution in [0.2, 0.25) is 0 Å². The highest BCUT2D eigenvalue weighted by molar-refractivity contribution is 7.86. The predicted octanol–water partition coefficient (Wildman–Crippen LogP) is -1.25. The first-order chi connectivity index (χ1) is 12.9. The number of ether oxygens (including phenoxy) is 2. The van der Waals surface area contributed by atoms with Gasteiger partial charge >= 0.3 is 0 Å². The van der Waals surface area contributed by atoms with Gasteiger partial charge in [0.2, 0.25) is 0 Å². The summed E-state index contributed by atoms with van der Waals surface area (Å²) in [7, 11) is 1.96. The first-order valence-corrected chi connectivity index (χ1v) is 10.6. The molecule has 1 atom stereocenters. The molecule has 0 bridgehead atoms. The number of likely N-dealkylation sites (N-methyl/N-ethyl adjacent to an activating group) is 1. The molecule has 12 heteroatoms. The van der Waals surface area contributed by atoms with Crippen LogP contribution in [0.25, 0.3) is 0 Å². The Hall–Kier alpha value is -1.18. The van der Waals surface area contributed by atoms with Crippen LogP contribution in [0.3, 0.4) is 0 Å². The topological polar surface area (TPSA) is 106 Å². The zero-order valence-electron chi connectivity index (χ0n) is 16.2. The van der Waals surface area contributed by atoms with Crippen LogP contribution in [0.5, 0.6) is 0 Å². The SMILES string of the molecule is COCCn1nnnc1C1(N(C)C)CCCN(S(=O)(=O)N2CCOCC2)C1. The summed E-state index contributed by atoms with van der Waals surface area (Å²) in [4.78, 5) is 2.03. The van der Waals surface area contributed by atoms with E-state index in [1.165, 1.54) is 4.31 Å². The lowest BCUT2D eigenvalue weighted by Crippen LogP contribution is -2.59. The first kappa shape index (κ1) is 20.6. The fraction of sp³-hybridized carbons (Fsp3) is 0.933. The van der Waals surface area contributed by atoms with E-state index in [4.69, 9.17) is 9.47 Å². The molecule has 1 aromatic rings. The van der Waals surface area contributed by atoms with Crippen molar-refractivity contribution >= 4 is 10.2 Å². The van der Waals surface area contributed by atoms with Crippen LogP contribution in [0, 0.1) is 0 Å². The second-order valence-corrected chi connectivity index (χ2v) is 9.03. The van der Waals surface area contributed by atoms with E-state index in [1.807, 2.05) is 19.0 Å². The number of hydrogen-bond acceptors (Lipinski definition) is 8. The summed E-state index contributed by atoms with van der Waals surface area (Å²) in [5, 5.41) is 12.2. The summed E-state index contributed by atoms with van der Waals surface area (Å²) in [5.74, 6) is 0.673. The molecule has 154 valence electrons. The Morgan fingerprint density at radius 2 is 1.96 bits per heavy atom. The van der Waals surface area contributed by atoms with Crippen molar-refractivity contribution in [2.75, 3.05) is 67.2 Å². The number of rotatable bonds is 7. The molecule has 2 aliphatic rings. The highest BCUT2D eigenvalue weighted by atomic mass is 32.2. The monoisotopic (exact) mass is 403 g/mol. The van der Waals surface area contributed by atoms with Crippen molar-refractivity contribution in [2.24, 2.45) is 0 Å². The van der Waals surface area contributed by atoms with E-state index in [-0.39, 0.29) is 0 Å². The van der Waals surface area contributed by atoms with E-state index in [1.54, 1.807) is 16.1 Å². The number of nitrogens with zero attached hydrogens (tertiary/aromatic N) is 7. The fourth-order valence-electron chi connectivity index (χ4n) is 3.75. The third-order valence-corrected chi connectivity index (χ3v) is 7.35. The lowest BCUT2D eigenvalue weighted by molar-refractivity contribution is 0.0493. The smallest absolute Gasteiger partial charge is 0.282 e. The lowest BCUT2D eigenvalue weighted by atomic mass is 9.88. The molecule has 0 aromatic carbocycles. The average Bonchev–Trinajstić information content (AvgIpc) is 3.16. The number of hydrogen-bond donors (Lipinski definition) is 0. The molecule has 0 radical (unpaired) electrons. The zero-order chi connectivity index (χ0) is 19.5. The van der Waals surface area contributed by atoms with Gasteiger partial charge in [-0.05, 0) is 37.4 Å². The van der Waals surface area contributed by atoms with E-state index in [2.05, 4.69) is 15.5 Å². The molecule has 0 aliphatic carbocycles. The highest BCUT2D eigenvalue weighted by Gasteiger charge is 2.47. The third-order valence-electron chi connectivity index (χ3n) is 5.37. The minimum atomic E-state index is -3.55. The van der Waals surface area contributed by atoms with Gasteiger partial charge in [0.15, 0.2) is 5.82 Å². The molecule has 3 heterocycles. The van der Waals surface area contributed by atoms with Crippen LogP contribution in [-0.2, 0) is 31.8 Å². The number of tetrazole rings is 1. The van der Waals surface area contributed by atoms with Gasteiger partial charge < -0.3 is 9.47 Å². The average molecular weight is 404 g/mol. The summed E-state index contributed by atoms with van der Waals surface area (Å²) >= 11 is 0. The molecule has 0 amide bonds. The van der Waals surface area contributed by atoms with Crippen molar-refractivity contribution in [1.29, 1.82) is 0 Å². The molecule has 0 N–H and O–H groups in total. The Morgan fingerprint density at radius 3 is 2.63 bits per heavy atom. The van der Waals surface area contributed by atoms with Gasteiger partial charge in [-0.1, -0.05) is 0 Å². The molecule has 2 fully saturated rings. The summed E-state index contributed by atoms with van der Waals surface area (Å²) < 4.78 is 41.6. The number of aromatic nitrogens is 4. The highest BCUT2D eigenvalue weighted by Crippen LogP contribution is 2.36. The first-order valence-electron chi connectivity index (χ1n) is 9.18. The van der Waals surface area contributed by atoms with Crippen molar-refractivity contribution in [3.8, 4) is 0 Å². The maximum atomic E-state index is 13.2. The maximum Gasteiger partial charge on any atom is 0.282 e. The van der Waals surface area contributed by atoms with Crippen LogP contribution in [0.4, 0.5) is 0 Å². The summed E-state index contributed by atoms with van der Waals surface area (Å²) in [6.45, 7) is 3.45. The van der Waals surface area contributed by atoms with Crippen LogP contribution < -0.4 is 0 Å². The maximum absolute atomic E-state index is 13.2. The van der Waals surface area contributed by atoms with Crippen molar-refractivity contribution < 1.29 is 17.9 Å². The van der Waals surface area contributed by atoms with Crippen LogP contribution in [-0.4, -0.2) is 109 Å². The van der Waals surface area contributed by atoms with Crippen molar-refractivity contribution in [3.05, 3.63) is 5.82 Å². The van der Waals surface area contributed by atoms with Crippen molar-refractivity contribution in [2.45, 2.75) is 24.9 Å². The molecule has 0 spiro atoms. The lowest BCUT2D eigenvalue weighted by Gasteiger charge is -2.46. The van der Waals surface area contributed by atoms with Gasteiger partial charge in [-0.2, -0.15) is 17.0 Å². The Labute approximate surface area is 160 Å². The van der Waals surface area contributed by atoms with E-state index in [9.17, 15) is 8.42 Å². The molecule has 11 nitrogen and oxygen atoms in total. The Kier molecular flexibility index (Phi) is 6.43. The third kappa shape index (κ3) is 4.00. The molecule has 1 unspecified atom stereocenters. The quantitative estimate of drug-likeness (QED) is 0.556. The van der Waals surface area contributed by atoms with Crippen molar-refractivity contribution in [3.63, 3.8) is 0 Å². The normalized spacial score (nSPS) is 25.9. The van der Waals surface area contributed by atoms with E-state index < -0.39 is 15.7 Å². The Bertz CT molecular complexity index is 720. The van der Waals surface area contributed by atoms with Crippen LogP contribution in [0.1, 0.15) is 18.7 Å². The second kappa shape index (κ2) is 8.45. The van der Waals surface area contributed by atoms with Crippen LogP contribution in [0.15, 0.2) is 0 Å². The number of methoxy groups -OCH3 is 1. The van der Waals surface area contributed by atoms with E-state index >= 15 is 0 Å². The molecule has 3 rings (SSSR count). The summed E-state index contributed by atoms with van der Waals surface area (Å²) in [6.07, 6.45) is 1.52. The van der Waals surface area contributed by atoms with Gasteiger partial charge in [-0.3, -0.25) is 4.90 Å². The molecular weight excluding hydrogens is 374 g/mol. The largest absolute Gasteiger partial charge is 0.383 e. The van der Waals surface area contributed by atoms with Gasteiger partial charge in [0, 0.05) is 33.3 Å². The van der Waals surface area contributed by atoms with Crippen LogP contribution >= 0.6 is 0 Å². The minimum absolute atomic E-state index is 0.313. The van der Waals surface area contributed by atoms with Gasteiger partial charge in [0.1, 0.15) is 0 Å². The van der Waals surface area contributed by atoms with Gasteiger partial charge in [0.05, 0.1) is 31.9 Å². The second-order valence-electron chi connectivity index (χ2n) is 7.10. The van der Waals surface area contributed by atoms with E-state index in [0.717, 1.165) is 12.8 Å². The van der Waals surface area contributed by atoms with Crippen molar-refractivity contribution in [1.82, 2.24) is 33.7 Å². The molecule has 0 saturated carbocycles. The summed E-state index contributed by atoms with van der Waals surface area (Å²) in [6, 6.07) is 0. The minimum Gasteiger partial charge on any atom is -0.383 e. The molecule has 2 aliphatic heterocycles. The summed E-state index contributed by atoms with van der Waals surface area (Å²) in [5.41, 5.74) is -0.588. The molecule has 2 saturated heterocycles. The Balaban J connectivity index is 1.89. The predicted molar refractivity (Wildman–Crippen MR) is 97.2 cm³/mol. The fourth-order valence-corrected chi connectivity index (χ4v) is 5.42. The van der Waals surface area contributed by atoms with Gasteiger partial charge in [-0.25, -0.2) is 4.68 Å². The number of piperidine rings is 1. The zero-order valence-corrected chi connectivity index (χ0v) is 17.1.